The standard InChI is InChI=1S/C15H12BrN3/c16-14-3-1-2-12(17-14)13-9-19-8-11(10-4-5-10)6-7-15(19)18-13/h1-3,6-10H,4-5H2. The minimum absolute atomic E-state index is 0.763. The van der Waals surface area contributed by atoms with Crippen molar-refractivity contribution in [1.29, 1.82) is 0 Å². The fraction of sp³-hybridized carbons (Fsp3) is 0.200. The molecule has 1 aliphatic rings. The number of pyridine rings is 2. The van der Waals surface area contributed by atoms with Crippen LogP contribution in [0.25, 0.3) is 17.0 Å². The molecule has 0 aliphatic heterocycles. The third kappa shape index (κ3) is 2.06. The molecule has 3 nitrogen and oxygen atoms in total. The van der Waals surface area contributed by atoms with Crippen molar-refractivity contribution in [2.75, 3.05) is 0 Å². The number of rotatable bonds is 2. The smallest absolute Gasteiger partial charge is 0.137 e. The SMILES string of the molecule is Brc1cccc(-c2cn3cc(C4CC4)ccc3n2)n1. The Labute approximate surface area is 119 Å². The maximum Gasteiger partial charge on any atom is 0.137 e. The number of hydrogen-bond acceptors (Lipinski definition) is 2. The first-order valence-corrected chi connectivity index (χ1v) is 7.20. The third-order valence-corrected chi connectivity index (χ3v) is 3.94. The topological polar surface area (TPSA) is 30.2 Å². The van der Waals surface area contributed by atoms with Gasteiger partial charge in [0.15, 0.2) is 0 Å². The van der Waals surface area contributed by atoms with E-state index in [2.05, 4.69) is 54.8 Å². The van der Waals surface area contributed by atoms with Crippen molar-refractivity contribution >= 4 is 21.6 Å². The van der Waals surface area contributed by atoms with Crippen LogP contribution in [0.3, 0.4) is 0 Å². The fourth-order valence-corrected chi connectivity index (χ4v) is 2.69. The molecule has 1 aliphatic carbocycles. The number of imidazole rings is 1. The second kappa shape index (κ2) is 4.17. The van der Waals surface area contributed by atoms with Gasteiger partial charge in [-0.2, -0.15) is 0 Å². The number of nitrogens with zero attached hydrogens (tertiary/aromatic N) is 3. The average molecular weight is 314 g/mol. The molecular formula is C15H12BrN3. The lowest BCUT2D eigenvalue weighted by atomic mass is 10.2. The number of aromatic nitrogens is 3. The van der Waals surface area contributed by atoms with Crippen LogP contribution in [0.2, 0.25) is 0 Å². The molecule has 0 N–H and O–H groups in total. The molecule has 0 atom stereocenters. The van der Waals surface area contributed by atoms with Crippen molar-refractivity contribution < 1.29 is 0 Å². The summed E-state index contributed by atoms with van der Waals surface area (Å²) in [6, 6.07) is 10.2. The lowest BCUT2D eigenvalue weighted by molar-refractivity contribution is 1.06. The van der Waals surface area contributed by atoms with Crippen LogP contribution in [-0.4, -0.2) is 14.4 Å². The van der Waals surface area contributed by atoms with Crippen LogP contribution in [-0.2, 0) is 0 Å². The first kappa shape index (κ1) is 11.2. The van der Waals surface area contributed by atoms with Gasteiger partial charge in [0, 0.05) is 12.4 Å². The number of hydrogen-bond donors (Lipinski definition) is 0. The first-order valence-electron chi connectivity index (χ1n) is 6.41. The van der Waals surface area contributed by atoms with E-state index in [0.29, 0.717) is 0 Å². The fourth-order valence-electron chi connectivity index (χ4n) is 2.34. The quantitative estimate of drug-likeness (QED) is 0.668. The molecule has 0 unspecified atom stereocenters. The Morgan fingerprint density at radius 2 is 1.89 bits per heavy atom. The highest BCUT2D eigenvalue weighted by atomic mass is 79.9. The van der Waals surface area contributed by atoms with Crippen molar-refractivity contribution in [3.8, 4) is 11.4 Å². The van der Waals surface area contributed by atoms with Gasteiger partial charge < -0.3 is 4.40 Å². The van der Waals surface area contributed by atoms with Crippen molar-refractivity contribution in [3.63, 3.8) is 0 Å². The Hall–Kier alpha value is -1.68. The highest BCUT2D eigenvalue weighted by molar-refractivity contribution is 9.10. The Balaban J connectivity index is 1.82. The molecule has 1 saturated carbocycles. The summed E-state index contributed by atoms with van der Waals surface area (Å²) in [4.78, 5) is 9.07. The normalized spacial score (nSPS) is 15.0. The second-order valence-electron chi connectivity index (χ2n) is 4.97. The monoisotopic (exact) mass is 313 g/mol. The summed E-state index contributed by atoms with van der Waals surface area (Å²) >= 11 is 3.40. The van der Waals surface area contributed by atoms with Crippen molar-refractivity contribution in [2.24, 2.45) is 0 Å². The summed E-state index contributed by atoms with van der Waals surface area (Å²) in [5.41, 5.74) is 4.19. The Morgan fingerprint density at radius 3 is 2.68 bits per heavy atom. The molecule has 0 spiro atoms. The van der Waals surface area contributed by atoms with Crippen molar-refractivity contribution in [2.45, 2.75) is 18.8 Å². The molecule has 0 amide bonds. The summed E-state index contributed by atoms with van der Waals surface area (Å²) in [6.07, 6.45) is 6.89. The van der Waals surface area contributed by atoms with Gasteiger partial charge in [0.25, 0.3) is 0 Å². The molecule has 4 heteroatoms. The van der Waals surface area contributed by atoms with Gasteiger partial charge in [-0.25, -0.2) is 9.97 Å². The van der Waals surface area contributed by atoms with Gasteiger partial charge in [0.2, 0.25) is 0 Å². The lowest BCUT2D eigenvalue weighted by Gasteiger charge is -1.98. The van der Waals surface area contributed by atoms with E-state index in [9.17, 15) is 0 Å². The zero-order chi connectivity index (χ0) is 12.8. The van der Waals surface area contributed by atoms with Crippen LogP contribution < -0.4 is 0 Å². The van der Waals surface area contributed by atoms with Gasteiger partial charge in [-0.15, -0.1) is 0 Å². The van der Waals surface area contributed by atoms with E-state index in [-0.39, 0.29) is 0 Å². The van der Waals surface area contributed by atoms with E-state index in [1.165, 1.54) is 18.4 Å². The largest absolute Gasteiger partial charge is 0.306 e. The zero-order valence-corrected chi connectivity index (χ0v) is 11.8. The van der Waals surface area contributed by atoms with E-state index in [4.69, 9.17) is 0 Å². The maximum atomic E-state index is 4.62. The van der Waals surface area contributed by atoms with E-state index in [1.54, 1.807) is 0 Å². The highest BCUT2D eigenvalue weighted by Gasteiger charge is 2.23. The third-order valence-electron chi connectivity index (χ3n) is 3.50. The summed E-state index contributed by atoms with van der Waals surface area (Å²) in [5.74, 6) is 0.763. The van der Waals surface area contributed by atoms with Gasteiger partial charge in [-0.3, -0.25) is 0 Å². The van der Waals surface area contributed by atoms with Crippen LogP contribution in [0.15, 0.2) is 47.3 Å². The summed E-state index contributed by atoms with van der Waals surface area (Å²) in [7, 11) is 0. The van der Waals surface area contributed by atoms with Crippen LogP contribution in [0.5, 0.6) is 0 Å². The molecule has 0 bridgehead atoms. The molecule has 0 aromatic carbocycles. The van der Waals surface area contributed by atoms with E-state index >= 15 is 0 Å². The van der Waals surface area contributed by atoms with E-state index in [1.807, 2.05) is 18.2 Å². The van der Waals surface area contributed by atoms with Crippen LogP contribution >= 0.6 is 15.9 Å². The molecule has 3 aromatic heterocycles. The van der Waals surface area contributed by atoms with Crippen LogP contribution in [0.1, 0.15) is 24.3 Å². The molecule has 3 heterocycles. The van der Waals surface area contributed by atoms with Crippen molar-refractivity contribution in [1.82, 2.24) is 14.4 Å². The maximum absolute atomic E-state index is 4.62. The molecular weight excluding hydrogens is 302 g/mol. The summed E-state index contributed by atoms with van der Waals surface area (Å²) in [5, 5.41) is 0. The van der Waals surface area contributed by atoms with Crippen molar-refractivity contribution in [3.05, 3.63) is 52.9 Å². The molecule has 0 radical (unpaired) electrons. The molecule has 94 valence electrons. The molecule has 3 aromatic rings. The first-order chi connectivity index (χ1) is 9.29. The Bertz CT molecular complexity index is 759. The van der Waals surface area contributed by atoms with Gasteiger partial charge in [-0.05, 0) is 58.5 Å². The molecule has 1 fully saturated rings. The predicted molar refractivity (Wildman–Crippen MR) is 78.1 cm³/mol. The predicted octanol–water partition coefficient (Wildman–Crippen LogP) is 4.04. The lowest BCUT2D eigenvalue weighted by Crippen LogP contribution is -1.86. The van der Waals surface area contributed by atoms with Crippen LogP contribution in [0, 0.1) is 0 Å². The summed E-state index contributed by atoms with van der Waals surface area (Å²) < 4.78 is 2.94. The van der Waals surface area contributed by atoms with Gasteiger partial charge in [-0.1, -0.05) is 12.1 Å². The minimum Gasteiger partial charge on any atom is -0.306 e. The van der Waals surface area contributed by atoms with Gasteiger partial charge in [0.05, 0.1) is 5.69 Å². The number of fused-ring (bicyclic) bond motifs is 1. The zero-order valence-electron chi connectivity index (χ0n) is 10.3. The molecule has 4 rings (SSSR count). The second-order valence-corrected chi connectivity index (χ2v) is 5.79. The Morgan fingerprint density at radius 1 is 1.00 bits per heavy atom. The molecule has 19 heavy (non-hydrogen) atoms. The molecule has 0 saturated heterocycles. The Kier molecular flexibility index (Phi) is 2.45. The highest BCUT2D eigenvalue weighted by Crippen LogP contribution is 2.40. The van der Waals surface area contributed by atoms with E-state index < -0.39 is 0 Å². The average Bonchev–Trinajstić information content (AvgIpc) is 3.17. The van der Waals surface area contributed by atoms with Crippen LogP contribution in [0.4, 0.5) is 0 Å². The minimum atomic E-state index is 0.763. The van der Waals surface area contributed by atoms with Gasteiger partial charge in [0.1, 0.15) is 15.9 Å². The number of halogens is 1. The summed E-state index contributed by atoms with van der Waals surface area (Å²) in [6.45, 7) is 0. The van der Waals surface area contributed by atoms with E-state index in [0.717, 1.165) is 27.6 Å². The van der Waals surface area contributed by atoms with Gasteiger partial charge >= 0.3 is 0 Å².